The molecule has 0 aliphatic heterocycles. The molecule has 1 N–H and O–H groups in total. The molecule has 3 aromatic rings. The summed E-state index contributed by atoms with van der Waals surface area (Å²) in [6.45, 7) is 2.54. The molecule has 3 rings (SSSR count). The third-order valence-corrected chi connectivity index (χ3v) is 4.09. The van der Waals surface area contributed by atoms with Crippen LogP contribution in [0, 0.1) is 6.92 Å². The molecule has 0 atom stereocenters. The molecule has 2 aromatic carbocycles. The van der Waals surface area contributed by atoms with Crippen LogP contribution in [0.5, 0.6) is 0 Å². The molecule has 0 aliphatic rings. The standard InChI is InChI=1S/C19H18ClN3O2/c1-13-6-8-14(9-7-13)12-21-17(24)10-11-18-22-19(23-25-18)15-4-2-3-5-16(15)20/h2-9H,10-12H2,1H3,(H,21,24). The summed E-state index contributed by atoms with van der Waals surface area (Å²) in [4.78, 5) is 16.3. The van der Waals surface area contributed by atoms with Gasteiger partial charge in [0.2, 0.25) is 17.6 Å². The molecule has 1 heterocycles. The SMILES string of the molecule is Cc1ccc(CNC(=O)CCc2nc(-c3ccccc3Cl)no2)cc1. The summed E-state index contributed by atoms with van der Waals surface area (Å²) in [6, 6.07) is 15.3. The molecular weight excluding hydrogens is 338 g/mol. The van der Waals surface area contributed by atoms with E-state index in [-0.39, 0.29) is 12.3 Å². The van der Waals surface area contributed by atoms with Crippen molar-refractivity contribution in [2.45, 2.75) is 26.3 Å². The van der Waals surface area contributed by atoms with E-state index < -0.39 is 0 Å². The number of halogens is 1. The Morgan fingerprint density at radius 3 is 2.68 bits per heavy atom. The number of nitrogens with one attached hydrogen (secondary N) is 1. The van der Waals surface area contributed by atoms with Gasteiger partial charge in [0.1, 0.15) is 0 Å². The predicted molar refractivity (Wildman–Crippen MR) is 96.1 cm³/mol. The molecule has 0 bridgehead atoms. The molecule has 0 radical (unpaired) electrons. The third-order valence-electron chi connectivity index (χ3n) is 3.76. The van der Waals surface area contributed by atoms with Gasteiger partial charge in [0.05, 0.1) is 5.02 Å². The molecule has 5 nitrogen and oxygen atoms in total. The van der Waals surface area contributed by atoms with Gasteiger partial charge in [0.25, 0.3) is 0 Å². The van der Waals surface area contributed by atoms with Gasteiger partial charge in [0.15, 0.2) is 0 Å². The molecule has 0 saturated carbocycles. The average Bonchev–Trinajstić information content (AvgIpc) is 3.08. The van der Waals surface area contributed by atoms with Crippen molar-refractivity contribution in [3.05, 3.63) is 70.6 Å². The summed E-state index contributed by atoms with van der Waals surface area (Å²) >= 11 is 6.12. The Morgan fingerprint density at radius 2 is 1.92 bits per heavy atom. The van der Waals surface area contributed by atoms with Gasteiger partial charge in [-0.05, 0) is 24.6 Å². The van der Waals surface area contributed by atoms with Gasteiger partial charge >= 0.3 is 0 Å². The van der Waals surface area contributed by atoms with Gasteiger partial charge in [-0.1, -0.05) is 58.7 Å². The maximum Gasteiger partial charge on any atom is 0.227 e. The maximum absolute atomic E-state index is 12.0. The van der Waals surface area contributed by atoms with E-state index in [4.69, 9.17) is 16.1 Å². The summed E-state index contributed by atoms with van der Waals surface area (Å²) in [7, 11) is 0. The Kier molecular flexibility index (Phi) is 5.46. The number of carbonyl (C=O) groups is 1. The van der Waals surface area contributed by atoms with Crippen LogP contribution in [0.1, 0.15) is 23.4 Å². The fraction of sp³-hybridized carbons (Fsp3) is 0.211. The van der Waals surface area contributed by atoms with Crippen LogP contribution in [0.4, 0.5) is 0 Å². The van der Waals surface area contributed by atoms with E-state index in [9.17, 15) is 4.79 Å². The van der Waals surface area contributed by atoms with Crippen molar-refractivity contribution in [2.24, 2.45) is 0 Å². The van der Waals surface area contributed by atoms with E-state index in [0.29, 0.717) is 35.3 Å². The van der Waals surface area contributed by atoms with E-state index >= 15 is 0 Å². The second-order valence-corrected chi connectivity index (χ2v) is 6.16. The molecular formula is C19H18ClN3O2. The Labute approximate surface area is 151 Å². The molecule has 0 fully saturated rings. The fourth-order valence-electron chi connectivity index (χ4n) is 2.32. The van der Waals surface area contributed by atoms with Crippen LogP contribution < -0.4 is 5.32 Å². The highest BCUT2D eigenvalue weighted by Crippen LogP contribution is 2.24. The number of nitrogens with zero attached hydrogens (tertiary/aromatic N) is 2. The minimum Gasteiger partial charge on any atom is -0.352 e. The van der Waals surface area contributed by atoms with Crippen LogP contribution >= 0.6 is 11.6 Å². The van der Waals surface area contributed by atoms with Crippen LogP contribution in [0.2, 0.25) is 5.02 Å². The largest absolute Gasteiger partial charge is 0.352 e. The van der Waals surface area contributed by atoms with Gasteiger partial charge in [0, 0.05) is 24.9 Å². The van der Waals surface area contributed by atoms with Crippen molar-refractivity contribution >= 4 is 17.5 Å². The van der Waals surface area contributed by atoms with E-state index in [2.05, 4.69) is 15.5 Å². The lowest BCUT2D eigenvalue weighted by Gasteiger charge is -2.04. The third kappa shape index (κ3) is 4.67. The Morgan fingerprint density at radius 1 is 1.16 bits per heavy atom. The highest BCUT2D eigenvalue weighted by molar-refractivity contribution is 6.33. The first-order valence-corrected chi connectivity index (χ1v) is 8.39. The number of aromatic nitrogens is 2. The molecule has 0 saturated heterocycles. The first-order chi connectivity index (χ1) is 12.1. The molecule has 1 aromatic heterocycles. The number of carbonyl (C=O) groups excluding carboxylic acids is 1. The van der Waals surface area contributed by atoms with Gasteiger partial charge in [-0.3, -0.25) is 4.79 Å². The number of hydrogen-bond acceptors (Lipinski definition) is 4. The topological polar surface area (TPSA) is 68.0 Å². The van der Waals surface area contributed by atoms with E-state index in [1.54, 1.807) is 6.07 Å². The van der Waals surface area contributed by atoms with Gasteiger partial charge < -0.3 is 9.84 Å². The van der Waals surface area contributed by atoms with Gasteiger partial charge in [-0.25, -0.2) is 0 Å². The molecule has 0 unspecified atom stereocenters. The molecule has 1 amide bonds. The Balaban J connectivity index is 1.51. The summed E-state index contributed by atoms with van der Waals surface area (Å²) in [5.41, 5.74) is 2.97. The molecule has 6 heteroatoms. The molecule has 128 valence electrons. The van der Waals surface area contributed by atoms with Crippen molar-refractivity contribution < 1.29 is 9.32 Å². The van der Waals surface area contributed by atoms with Crippen LogP contribution in [0.15, 0.2) is 53.1 Å². The number of hydrogen-bond donors (Lipinski definition) is 1. The van der Waals surface area contributed by atoms with Crippen molar-refractivity contribution in [3.63, 3.8) is 0 Å². The van der Waals surface area contributed by atoms with E-state index in [0.717, 1.165) is 5.56 Å². The van der Waals surface area contributed by atoms with Crippen LogP contribution in [-0.4, -0.2) is 16.0 Å². The van der Waals surface area contributed by atoms with Crippen molar-refractivity contribution in [2.75, 3.05) is 0 Å². The maximum atomic E-state index is 12.0. The summed E-state index contributed by atoms with van der Waals surface area (Å²) in [5.74, 6) is 0.791. The second-order valence-electron chi connectivity index (χ2n) is 5.75. The molecule has 0 aliphatic carbocycles. The normalized spacial score (nSPS) is 10.6. The lowest BCUT2D eigenvalue weighted by atomic mass is 10.1. The highest BCUT2D eigenvalue weighted by Gasteiger charge is 2.12. The zero-order chi connectivity index (χ0) is 17.6. The van der Waals surface area contributed by atoms with Crippen molar-refractivity contribution in [1.82, 2.24) is 15.5 Å². The first kappa shape index (κ1) is 17.2. The minimum atomic E-state index is -0.0573. The van der Waals surface area contributed by atoms with Crippen molar-refractivity contribution in [3.8, 4) is 11.4 Å². The molecule has 0 spiro atoms. The highest BCUT2D eigenvalue weighted by atomic mass is 35.5. The van der Waals surface area contributed by atoms with E-state index in [1.807, 2.05) is 49.4 Å². The van der Waals surface area contributed by atoms with Gasteiger partial charge in [-0.2, -0.15) is 4.98 Å². The second kappa shape index (κ2) is 7.94. The summed E-state index contributed by atoms with van der Waals surface area (Å²) < 4.78 is 5.20. The molecule has 25 heavy (non-hydrogen) atoms. The smallest absolute Gasteiger partial charge is 0.227 e. The van der Waals surface area contributed by atoms with Gasteiger partial charge in [-0.15, -0.1) is 0 Å². The number of rotatable bonds is 6. The van der Waals surface area contributed by atoms with Crippen LogP contribution in [-0.2, 0) is 17.8 Å². The monoisotopic (exact) mass is 355 g/mol. The lowest BCUT2D eigenvalue weighted by molar-refractivity contribution is -0.121. The zero-order valence-corrected chi connectivity index (χ0v) is 14.6. The van der Waals surface area contributed by atoms with Crippen LogP contribution in [0.3, 0.4) is 0 Å². The predicted octanol–water partition coefficient (Wildman–Crippen LogP) is 3.95. The number of benzene rings is 2. The minimum absolute atomic E-state index is 0.0573. The Bertz CT molecular complexity index is 859. The fourth-order valence-corrected chi connectivity index (χ4v) is 2.54. The number of amides is 1. The quantitative estimate of drug-likeness (QED) is 0.727. The van der Waals surface area contributed by atoms with E-state index in [1.165, 1.54) is 5.56 Å². The summed E-state index contributed by atoms with van der Waals surface area (Å²) in [5, 5.41) is 7.37. The first-order valence-electron chi connectivity index (χ1n) is 8.01. The lowest BCUT2D eigenvalue weighted by Crippen LogP contribution is -2.23. The van der Waals surface area contributed by atoms with Crippen molar-refractivity contribution in [1.29, 1.82) is 0 Å². The number of aryl methyl sites for hydroxylation is 2. The Hall–Kier alpha value is -2.66. The van der Waals surface area contributed by atoms with Crippen LogP contribution in [0.25, 0.3) is 11.4 Å². The summed E-state index contributed by atoms with van der Waals surface area (Å²) in [6.07, 6.45) is 0.674. The zero-order valence-electron chi connectivity index (χ0n) is 13.8. The average molecular weight is 356 g/mol.